The minimum atomic E-state index is -0.794. The van der Waals surface area contributed by atoms with E-state index in [4.69, 9.17) is 14.2 Å². The van der Waals surface area contributed by atoms with Crippen LogP contribution in [0.25, 0.3) is 0 Å². The van der Waals surface area contributed by atoms with Crippen LogP contribution in [0, 0.1) is 0 Å². The minimum absolute atomic E-state index is 0.0958. The Morgan fingerprint density at radius 1 is 0.404 bits per heavy atom. The molecule has 1 atom stereocenters. The predicted octanol–water partition coefficient (Wildman–Crippen LogP) is 13.1. The van der Waals surface area contributed by atoms with Gasteiger partial charge in [0, 0.05) is 19.3 Å². The first-order chi connectivity index (χ1) is 25.5. The van der Waals surface area contributed by atoms with Crippen LogP contribution in [0.3, 0.4) is 0 Å². The van der Waals surface area contributed by atoms with E-state index in [1.54, 1.807) is 0 Å². The Morgan fingerprint density at radius 2 is 0.788 bits per heavy atom. The Labute approximate surface area is 319 Å². The van der Waals surface area contributed by atoms with Gasteiger partial charge in [0.1, 0.15) is 13.2 Å². The van der Waals surface area contributed by atoms with Gasteiger partial charge in [0.15, 0.2) is 6.10 Å². The van der Waals surface area contributed by atoms with Crippen molar-refractivity contribution in [1.82, 2.24) is 0 Å². The molecule has 0 spiro atoms. The maximum Gasteiger partial charge on any atom is 0.306 e. The van der Waals surface area contributed by atoms with Gasteiger partial charge in [-0.2, -0.15) is 0 Å². The van der Waals surface area contributed by atoms with Gasteiger partial charge in [0.2, 0.25) is 0 Å². The van der Waals surface area contributed by atoms with E-state index in [0.29, 0.717) is 19.3 Å². The molecule has 0 heterocycles. The standard InChI is InChI=1S/C46H76O6/c1-4-7-10-13-16-18-20-22-23-25-26-28-30-33-36-39-45(48)51-42-43(41-50-44(47)38-35-32-15-12-9-6-3)52-46(49)40-37-34-31-29-27-24-21-19-17-14-11-8-5-2/h7,10-11,14,16,18-19,21-23,26,28,43H,4-6,8-9,12-13,15,17,20,24-25,27,29-42H2,1-3H3/b10-7-,14-11-,18-16-,21-19-,23-22-,28-26-. The van der Waals surface area contributed by atoms with Crippen LogP contribution in [0.15, 0.2) is 72.9 Å². The van der Waals surface area contributed by atoms with Gasteiger partial charge < -0.3 is 14.2 Å². The Balaban J connectivity index is 4.41. The van der Waals surface area contributed by atoms with E-state index in [9.17, 15) is 14.4 Å². The minimum Gasteiger partial charge on any atom is -0.462 e. The third-order valence-electron chi connectivity index (χ3n) is 8.43. The Hall–Kier alpha value is -3.15. The molecule has 0 bridgehead atoms. The summed E-state index contributed by atoms with van der Waals surface area (Å²) >= 11 is 0. The summed E-state index contributed by atoms with van der Waals surface area (Å²) in [6, 6.07) is 0. The predicted molar refractivity (Wildman–Crippen MR) is 219 cm³/mol. The average Bonchev–Trinajstić information content (AvgIpc) is 3.14. The maximum absolute atomic E-state index is 12.6. The van der Waals surface area contributed by atoms with Crippen LogP contribution in [-0.2, 0) is 28.6 Å². The molecule has 0 aliphatic rings. The lowest BCUT2D eigenvalue weighted by Gasteiger charge is -2.18. The number of carbonyl (C=O) groups excluding carboxylic acids is 3. The third kappa shape index (κ3) is 38.1. The van der Waals surface area contributed by atoms with Crippen LogP contribution in [0.4, 0.5) is 0 Å². The zero-order valence-corrected chi connectivity index (χ0v) is 33.5. The van der Waals surface area contributed by atoms with E-state index >= 15 is 0 Å². The Morgan fingerprint density at radius 3 is 1.29 bits per heavy atom. The number of carbonyl (C=O) groups is 3. The van der Waals surface area contributed by atoms with Crippen LogP contribution in [-0.4, -0.2) is 37.2 Å². The van der Waals surface area contributed by atoms with Gasteiger partial charge in [-0.05, 0) is 83.5 Å². The van der Waals surface area contributed by atoms with Gasteiger partial charge in [0.25, 0.3) is 0 Å². The normalized spacial score (nSPS) is 12.8. The molecule has 6 heteroatoms. The first kappa shape index (κ1) is 48.9. The monoisotopic (exact) mass is 725 g/mol. The van der Waals surface area contributed by atoms with Crippen molar-refractivity contribution < 1.29 is 28.6 Å². The zero-order chi connectivity index (χ0) is 38.0. The maximum atomic E-state index is 12.6. The molecular formula is C46H76O6. The van der Waals surface area contributed by atoms with Crippen molar-refractivity contribution >= 4 is 17.9 Å². The lowest BCUT2D eigenvalue weighted by Crippen LogP contribution is -2.30. The SMILES string of the molecule is CC/C=C\C/C=C\C/C=C\C/C=C\CCCCC(=O)OCC(COC(=O)CCCCCCCC)OC(=O)CCCCCCC/C=C\C/C=C\CCC. The molecule has 0 aromatic rings. The molecule has 52 heavy (non-hydrogen) atoms. The molecule has 1 unspecified atom stereocenters. The molecule has 0 aliphatic carbocycles. The van der Waals surface area contributed by atoms with Crippen LogP contribution < -0.4 is 0 Å². The van der Waals surface area contributed by atoms with Crippen molar-refractivity contribution in [1.29, 1.82) is 0 Å². The molecular weight excluding hydrogens is 648 g/mol. The van der Waals surface area contributed by atoms with E-state index in [1.165, 1.54) is 25.7 Å². The van der Waals surface area contributed by atoms with E-state index in [0.717, 1.165) is 116 Å². The highest BCUT2D eigenvalue weighted by molar-refractivity contribution is 5.71. The number of allylic oxidation sites excluding steroid dienone is 12. The van der Waals surface area contributed by atoms with Gasteiger partial charge >= 0.3 is 17.9 Å². The molecule has 296 valence electrons. The summed E-state index contributed by atoms with van der Waals surface area (Å²) in [4.78, 5) is 37.4. The van der Waals surface area contributed by atoms with Gasteiger partial charge in [-0.25, -0.2) is 0 Å². The average molecular weight is 725 g/mol. The highest BCUT2D eigenvalue weighted by atomic mass is 16.6. The fraction of sp³-hybridized carbons (Fsp3) is 0.674. The zero-order valence-electron chi connectivity index (χ0n) is 33.5. The smallest absolute Gasteiger partial charge is 0.306 e. The topological polar surface area (TPSA) is 78.9 Å². The molecule has 0 fully saturated rings. The summed E-state index contributed by atoms with van der Waals surface area (Å²) in [6.45, 7) is 6.31. The van der Waals surface area contributed by atoms with E-state index in [1.807, 2.05) is 0 Å². The van der Waals surface area contributed by atoms with Crippen molar-refractivity contribution in [2.24, 2.45) is 0 Å². The summed E-state index contributed by atoms with van der Waals surface area (Å²) in [5.74, 6) is -0.973. The van der Waals surface area contributed by atoms with Crippen molar-refractivity contribution in [3.63, 3.8) is 0 Å². The number of ether oxygens (including phenoxy) is 3. The second kappa shape index (κ2) is 40.6. The molecule has 0 saturated carbocycles. The number of esters is 3. The second-order valence-corrected chi connectivity index (χ2v) is 13.5. The van der Waals surface area contributed by atoms with Gasteiger partial charge in [-0.3, -0.25) is 14.4 Å². The highest BCUT2D eigenvalue weighted by Crippen LogP contribution is 2.12. The molecule has 6 nitrogen and oxygen atoms in total. The van der Waals surface area contributed by atoms with Crippen molar-refractivity contribution in [2.75, 3.05) is 13.2 Å². The number of hydrogen-bond donors (Lipinski definition) is 0. The fourth-order valence-electron chi connectivity index (χ4n) is 5.29. The summed E-state index contributed by atoms with van der Waals surface area (Å²) in [5, 5.41) is 0. The molecule has 0 aromatic heterocycles. The van der Waals surface area contributed by atoms with Gasteiger partial charge in [-0.1, -0.05) is 151 Å². The van der Waals surface area contributed by atoms with Crippen LogP contribution in [0.1, 0.15) is 181 Å². The number of rotatable bonds is 36. The molecule has 0 aromatic carbocycles. The summed E-state index contributed by atoms with van der Waals surface area (Å²) in [7, 11) is 0. The summed E-state index contributed by atoms with van der Waals surface area (Å²) in [6.07, 6.45) is 49.0. The van der Waals surface area contributed by atoms with Crippen molar-refractivity contribution in [2.45, 2.75) is 187 Å². The lowest BCUT2D eigenvalue weighted by molar-refractivity contribution is -0.167. The first-order valence-corrected chi connectivity index (χ1v) is 20.9. The largest absolute Gasteiger partial charge is 0.462 e. The van der Waals surface area contributed by atoms with Gasteiger partial charge in [-0.15, -0.1) is 0 Å². The van der Waals surface area contributed by atoms with E-state index < -0.39 is 6.10 Å². The Bertz CT molecular complexity index is 1020. The molecule has 0 amide bonds. The van der Waals surface area contributed by atoms with Crippen molar-refractivity contribution in [3.05, 3.63) is 72.9 Å². The van der Waals surface area contributed by atoms with E-state index in [2.05, 4.69) is 93.7 Å². The molecule has 0 aliphatic heterocycles. The third-order valence-corrected chi connectivity index (χ3v) is 8.43. The van der Waals surface area contributed by atoms with Crippen molar-refractivity contribution in [3.8, 4) is 0 Å². The van der Waals surface area contributed by atoms with Gasteiger partial charge in [0.05, 0.1) is 0 Å². The number of hydrogen-bond acceptors (Lipinski definition) is 6. The lowest BCUT2D eigenvalue weighted by atomic mass is 10.1. The molecule has 0 saturated heterocycles. The van der Waals surface area contributed by atoms with Crippen LogP contribution in [0.5, 0.6) is 0 Å². The fourth-order valence-corrected chi connectivity index (χ4v) is 5.29. The molecule has 0 N–H and O–H groups in total. The van der Waals surface area contributed by atoms with Crippen LogP contribution in [0.2, 0.25) is 0 Å². The highest BCUT2D eigenvalue weighted by Gasteiger charge is 2.19. The molecule has 0 rings (SSSR count). The molecule has 0 radical (unpaired) electrons. The summed E-state index contributed by atoms with van der Waals surface area (Å²) in [5.41, 5.74) is 0. The van der Waals surface area contributed by atoms with E-state index in [-0.39, 0.29) is 31.1 Å². The van der Waals surface area contributed by atoms with Crippen LogP contribution >= 0.6 is 0 Å². The summed E-state index contributed by atoms with van der Waals surface area (Å²) < 4.78 is 16.5. The second-order valence-electron chi connectivity index (χ2n) is 13.5. The first-order valence-electron chi connectivity index (χ1n) is 20.9. The Kier molecular flexibility index (Phi) is 38.2. The number of unbranched alkanes of at least 4 members (excludes halogenated alkanes) is 13. The quantitative estimate of drug-likeness (QED) is 0.0277.